The molecule has 0 aliphatic heterocycles. The van der Waals surface area contributed by atoms with Crippen LogP contribution in [0, 0.1) is 5.92 Å². The lowest BCUT2D eigenvalue weighted by Gasteiger charge is -2.21. The maximum Gasteiger partial charge on any atom is 0.0358 e. The Labute approximate surface area is 126 Å². The van der Waals surface area contributed by atoms with Gasteiger partial charge in [0.1, 0.15) is 0 Å². The van der Waals surface area contributed by atoms with E-state index in [1.54, 1.807) is 11.3 Å². The Morgan fingerprint density at radius 3 is 2.80 bits per heavy atom. The quantitative estimate of drug-likeness (QED) is 0.758. The third-order valence-corrected chi connectivity index (χ3v) is 4.38. The number of nitrogens with one attached hydrogen (secondary N) is 1. The van der Waals surface area contributed by atoms with E-state index in [1.165, 1.54) is 17.5 Å². The minimum atomic E-state index is 0.470. The molecule has 0 aliphatic carbocycles. The summed E-state index contributed by atoms with van der Waals surface area (Å²) in [5.74, 6) is 0.620. The summed E-state index contributed by atoms with van der Waals surface area (Å²) < 4.78 is 2.32. The molecule has 0 aromatic carbocycles. The topological polar surface area (TPSA) is 17.0 Å². The second-order valence-electron chi connectivity index (χ2n) is 5.74. The van der Waals surface area contributed by atoms with E-state index >= 15 is 0 Å². The highest BCUT2D eigenvalue weighted by molar-refractivity contribution is 7.07. The number of nitrogens with zero attached hydrogens (tertiary/aromatic N) is 1. The van der Waals surface area contributed by atoms with Crippen LogP contribution in [0.3, 0.4) is 0 Å². The predicted octanol–water partition coefficient (Wildman–Crippen LogP) is 4.49. The number of hydrogen-bond acceptors (Lipinski definition) is 2. The SMILES string of the molecule is CCCNC(c1ccn(CCc2ccsc2)c1)C(C)C. The Bertz CT molecular complexity index is 485. The molecule has 0 saturated carbocycles. The van der Waals surface area contributed by atoms with E-state index in [9.17, 15) is 0 Å². The van der Waals surface area contributed by atoms with Gasteiger partial charge in [-0.05, 0) is 59.3 Å². The Morgan fingerprint density at radius 1 is 1.30 bits per heavy atom. The van der Waals surface area contributed by atoms with Crippen molar-refractivity contribution in [2.75, 3.05) is 6.54 Å². The zero-order valence-electron chi connectivity index (χ0n) is 12.8. The molecule has 3 heteroatoms. The zero-order chi connectivity index (χ0) is 14.4. The second kappa shape index (κ2) is 7.65. The Kier molecular flexibility index (Phi) is 5.86. The summed E-state index contributed by atoms with van der Waals surface area (Å²) in [6.45, 7) is 8.95. The molecule has 0 amide bonds. The van der Waals surface area contributed by atoms with Crippen LogP contribution < -0.4 is 5.32 Å². The van der Waals surface area contributed by atoms with Crippen molar-refractivity contribution in [3.63, 3.8) is 0 Å². The van der Waals surface area contributed by atoms with Crippen LogP contribution in [0.15, 0.2) is 35.3 Å². The first kappa shape index (κ1) is 15.3. The van der Waals surface area contributed by atoms with Gasteiger partial charge in [0, 0.05) is 25.0 Å². The molecule has 2 nitrogen and oxygen atoms in total. The van der Waals surface area contributed by atoms with Crippen molar-refractivity contribution in [2.45, 2.75) is 46.2 Å². The molecule has 1 unspecified atom stereocenters. The lowest BCUT2D eigenvalue weighted by molar-refractivity contribution is 0.412. The first-order valence-electron chi connectivity index (χ1n) is 7.60. The molecule has 2 heterocycles. The van der Waals surface area contributed by atoms with E-state index in [2.05, 4.69) is 65.9 Å². The summed E-state index contributed by atoms with van der Waals surface area (Å²) in [5, 5.41) is 8.05. The molecule has 0 saturated heterocycles. The highest BCUT2D eigenvalue weighted by atomic mass is 32.1. The van der Waals surface area contributed by atoms with E-state index in [0.29, 0.717) is 12.0 Å². The Hall–Kier alpha value is -1.06. The van der Waals surface area contributed by atoms with Gasteiger partial charge in [0.15, 0.2) is 0 Å². The average Bonchev–Trinajstić information content (AvgIpc) is 3.08. The number of aromatic nitrogens is 1. The minimum absolute atomic E-state index is 0.470. The summed E-state index contributed by atoms with van der Waals surface area (Å²) in [6, 6.07) is 4.95. The number of thiophene rings is 1. The summed E-state index contributed by atoms with van der Waals surface area (Å²) >= 11 is 1.78. The van der Waals surface area contributed by atoms with Crippen molar-refractivity contribution >= 4 is 11.3 Å². The minimum Gasteiger partial charge on any atom is -0.354 e. The largest absolute Gasteiger partial charge is 0.354 e. The van der Waals surface area contributed by atoms with Gasteiger partial charge < -0.3 is 9.88 Å². The fourth-order valence-electron chi connectivity index (χ4n) is 2.51. The van der Waals surface area contributed by atoms with Crippen LogP contribution in [0.5, 0.6) is 0 Å². The molecule has 2 aromatic rings. The van der Waals surface area contributed by atoms with E-state index in [1.807, 2.05) is 0 Å². The molecule has 2 rings (SSSR count). The summed E-state index contributed by atoms with van der Waals surface area (Å²) in [7, 11) is 0. The van der Waals surface area contributed by atoms with E-state index in [0.717, 1.165) is 19.5 Å². The van der Waals surface area contributed by atoms with Crippen molar-refractivity contribution < 1.29 is 0 Å². The molecule has 1 N–H and O–H groups in total. The van der Waals surface area contributed by atoms with Crippen LogP contribution in [-0.4, -0.2) is 11.1 Å². The summed E-state index contributed by atoms with van der Waals surface area (Å²) in [5.41, 5.74) is 2.86. The molecule has 110 valence electrons. The van der Waals surface area contributed by atoms with Gasteiger partial charge in [-0.25, -0.2) is 0 Å². The van der Waals surface area contributed by atoms with Crippen molar-refractivity contribution in [1.82, 2.24) is 9.88 Å². The van der Waals surface area contributed by atoms with Gasteiger partial charge in [-0.2, -0.15) is 11.3 Å². The summed E-state index contributed by atoms with van der Waals surface area (Å²) in [4.78, 5) is 0. The molecular weight excluding hydrogens is 264 g/mol. The first-order valence-corrected chi connectivity index (χ1v) is 8.55. The van der Waals surface area contributed by atoms with Gasteiger partial charge in [0.05, 0.1) is 0 Å². The third kappa shape index (κ3) is 4.22. The van der Waals surface area contributed by atoms with Gasteiger partial charge in [0.2, 0.25) is 0 Å². The third-order valence-electron chi connectivity index (χ3n) is 3.65. The highest BCUT2D eigenvalue weighted by Gasteiger charge is 2.15. The molecule has 2 aromatic heterocycles. The van der Waals surface area contributed by atoms with Crippen LogP contribution in [0.2, 0.25) is 0 Å². The fourth-order valence-corrected chi connectivity index (χ4v) is 3.22. The molecule has 0 radical (unpaired) electrons. The monoisotopic (exact) mass is 290 g/mol. The van der Waals surface area contributed by atoms with Crippen LogP contribution in [0.1, 0.15) is 44.4 Å². The molecule has 0 aliphatic rings. The number of rotatable bonds is 8. The average molecular weight is 290 g/mol. The smallest absolute Gasteiger partial charge is 0.0358 e. The van der Waals surface area contributed by atoms with Gasteiger partial charge >= 0.3 is 0 Å². The van der Waals surface area contributed by atoms with E-state index < -0.39 is 0 Å². The van der Waals surface area contributed by atoms with Crippen molar-refractivity contribution in [3.05, 3.63) is 46.4 Å². The molecule has 0 spiro atoms. The molecule has 0 fully saturated rings. The Balaban J connectivity index is 1.95. The van der Waals surface area contributed by atoms with Crippen molar-refractivity contribution in [1.29, 1.82) is 0 Å². The number of hydrogen-bond donors (Lipinski definition) is 1. The first-order chi connectivity index (χ1) is 9.70. The van der Waals surface area contributed by atoms with Crippen LogP contribution in [0.4, 0.5) is 0 Å². The van der Waals surface area contributed by atoms with Gasteiger partial charge in [-0.3, -0.25) is 0 Å². The predicted molar refractivity (Wildman–Crippen MR) is 88.3 cm³/mol. The molecule has 0 bridgehead atoms. The number of aryl methyl sites for hydroxylation is 2. The maximum absolute atomic E-state index is 3.66. The van der Waals surface area contributed by atoms with Gasteiger partial charge in [-0.15, -0.1) is 0 Å². The van der Waals surface area contributed by atoms with Crippen LogP contribution in [-0.2, 0) is 13.0 Å². The van der Waals surface area contributed by atoms with Crippen molar-refractivity contribution in [2.24, 2.45) is 5.92 Å². The summed E-state index contributed by atoms with van der Waals surface area (Å²) in [6.07, 6.45) is 6.82. The second-order valence-corrected chi connectivity index (χ2v) is 6.52. The standard InChI is InChI=1S/C17H26N2S/c1-4-8-18-17(14(2)3)16-6-10-19(12-16)9-5-15-7-11-20-13-15/h6-7,10-14,17-18H,4-5,8-9H2,1-3H3. The fraction of sp³-hybridized carbons (Fsp3) is 0.529. The maximum atomic E-state index is 3.66. The highest BCUT2D eigenvalue weighted by Crippen LogP contribution is 2.22. The zero-order valence-corrected chi connectivity index (χ0v) is 13.6. The lowest BCUT2D eigenvalue weighted by atomic mass is 9.98. The van der Waals surface area contributed by atoms with E-state index in [4.69, 9.17) is 0 Å². The van der Waals surface area contributed by atoms with Gasteiger partial charge in [-0.1, -0.05) is 20.8 Å². The molecular formula is C17H26N2S. The van der Waals surface area contributed by atoms with E-state index in [-0.39, 0.29) is 0 Å². The van der Waals surface area contributed by atoms with Gasteiger partial charge in [0.25, 0.3) is 0 Å². The van der Waals surface area contributed by atoms with Crippen LogP contribution >= 0.6 is 11.3 Å². The lowest BCUT2D eigenvalue weighted by Crippen LogP contribution is -2.26. The normalized spacial score (nSPS) is 13.0. The molecule has 1 atom stereocenters. The Morgan fingerprint density at radius 2 is 2.15 bits per heavy atom. The van der Waals surface area contributed by atoms with Crippen LogP contribution in [0.25, 0.3) is 0 Å². The molecule has 20 heavy (non-hydrogen) atoms. The van der Waals surface area contributed by atoms with Crippen molar-refractivity contribution in [3.8, 4) is 0 Å².